The summed E-state index contributed by atoms with van der Waals surface area (Å²) in [6.45, 7) is -0.400. The van der Waals surface area contributed by atoms with E-state index in [1.54, 1.807) is 12.3 Å². The number of nitrogens with zero attached hydrogens (tertiary/aromatic N) is 1. The van der Waals surface area contributed by atoms with E-state index in [2.05, 4.69) is 4.98 Å². The zero-order valence-corrected chi connectivity index (χ0v) is 10.8. The van der Waals surface area contributed by atoms with Crippen LogP contribution in [0.5, 0.6) is 0 Å². The molecule has 0 unspecified atom stereocenters. The van der Waals surface area contributed by atoms with Crippen LogP contribution in [0.25, 0.3) is 10.9 Å². The van der Waals surface area contributed by atoms with Gasteiger partial charge in [-0.2, -0.15) is 0 Å². The zero-order chi connectivity index (χ0) is 15.1. The molecule has 1 aliphatic heterocycles. The number of aliphatic hydroxyl groups is 3. The molecule has 0 radical (unpaired) electrons. The van der Waals surface area contributed by atoms with Gasteiger partial charge in [0.25, 0.3) is 5.69 Å². The molecule has 2 heterocycles. The van der Waals surface area contributed by atoms with Gasteiger partial charge in [0.1, 0.15) is 24.4 Å². The van der Waals surface area contributed by atoms with Gasteiger partial charge in [-0.3, -0.25) is 10.1 Å². The summed E-state index contributed by atoms with van der Waals surface area (Å²) in [7, 11) is 0. The smallest absolute Gasteiger partial charge is 0.271 e. The van der Waals surface area contributed by atoms with Crippen LogP contribution in [0.1, 0.15) is 11.7 Å². The van der Waals surface area contributed by atoms with Gasteiger partial charge in [-0.15, -0.1) is 0 Å². The maximum absolute atomic E-state index is 10.8. The number of hydrogen-bond acceptors (Lipinski definition) is 6. The van der Waals surface area contributed by atoms with Crippen molar-refractivity contribution in [2.24, 2.45) is 0 Å². The molecule has 0 spiro atoms. The van der Waals surface area contributed by atoms with Crippen molar-refractivity contribution in [2.75, 3.05) is 6.61 Å². The largest absolute Gasteiger partial charge is 0.394 e. The maximum atomic E-state index is 10.8. The number of ether oxygens (including phenoxy) is 1. The average molecular weight is 294 g/mol. The number of aromatic amines is 1. The minimum absolute atomic E-state index is 0.0444. The summed E-state index contributed by atoms with van der Waals surface area (Å²) in [5.74, 6) is 0. The Morgan fingerprint density at radius 1 is 1.33 bits per heavy atom. The fraction of sp³-hybridized carbons (Fsp3) is 0.385. The van der Waals surface area contributed by atoms with E-state index < -0.39 is 35.9 Å². The molecule has 1 aliphatic rings. The number of aromatic nitrogens is 1. The van der Waals surface area contributed by atoms with E-state index in [-0.39, 0.29) is 5.69 Å². The highest BCUT2D eigenvalue weighted by atomic mass is 16.6. The number of nitro groups is 1. The third-order valence-corrected chi connectivity index (χ3v) is 3.76. The first kappa shape index (κ1) is 14.0. The third kappa shape index (κ3) is 2.18. The fourth-order valence-corrected chi connectivity index (χ4v) is 2.64. The highest BCUT2D eigenvalue weighted by molar-refractivity contribution is 5.85. The number of rotatable bonds is 3. The van der Waals surface area contributed by atoms with Crippen LogP contribution in [0, 0.1) is 10.1 Å². The normalized spacial score (nSPS) is 29.1. The number of nitrogens with one attached hydrogen (secondary N) is 1. The monoisotopic (exact) mass is 294 g/mol. The summed E-state index contributed by atoms with van der Waals surface area (Å²) in [6.07, 6.45) is -2.42. The highest BCUT2D eigenvalue weighted by Crippen LogP contribution is 2.37. The quantitative estimate of drug-likeness (QED) is 0.474. The number of fused-ring (bicyclic) bond motifs is 1. The van der Waals surface area contributed by atoms with Crippen LogP contribution in [0.3, 0.4) is 0 Å². The first-order chi connectivity index (χ1) is 10.0. The molecule has 0 amide bonds. The summed E-state index contributed by atoms with van der Waals surface area (Å²) < 4.78 is 5.46. The molecule has 0 aliphatic carbocycles. The highest BCUT2D eigenvalue weighted by Gasteiger charge is 2.43. The molecule has 8 nitrogen and oxygen atoms in total. The van der Waals surface area contributed by atoms with Crippen molar-refractivity contribution in [3.63, 3.8) is 0 Å². The van der Waals surface area contributed by atoms with E-state index in [4.69, 9.17) is 9.84 Å². The number of nitro benzene ring substituents is 1. The van der Waals surface area contributed by atoms with Gasteiger partial charge < -0.3 is 25.0 Å². The lowest BCUT2D eigenvalue weighted by molar-refractivity contribution is -0.384. The molecule has 0 saturated carbocycles. The molecule has 2 aromatic rings. The summed E-state index contributed by atoms with van der Waals surface area (Å²) in [5, 5.41) is 40.3. The SMILES string of the molecule is O=[N+]([O-])c1ccc2c([C@@H]3O[C@H](CO)[C@@H](O)[C@H]3O)c[nH]c2c1. The van der Waals surface area contributed by atoms with Gasteiger partial charge in [0.05, 0.1) is 17.0 Å². The second kappa shape index (κ2) is 5.08. The Labute approximate surface area is 118 Å². The topological polar surface area (TPSA) is 129 Å². The lowest BCUT2D eigenvalue weighted by Crippen LogP contribution is -2.32. The second-order valence-electron chi connectivity index (χ2n) is 4.99. The Balaban J connectivity index is 2.00. The molecule has 1 fully saturated rings. The Morgan fingerprint density at radius 3 is 2.71 bits per heavy atom. The third-order valence-electron chi connectivity index (χ3n) is 3.76. The molecule has 0 bridgehead atoms. The molecular weight excluding hydrogens is 280 g/mol. The maximum Gasteiger partial charge on any atom is 0.271 e. The number of benzene rings is 1. The van der Waals surface area contributed by atoms with Gasteiger partial charge in [-0.05, 0) is 6.07 Å². The molecule has 1 aromatic carbocycles. The predicted octanol–water partition coefficient (Wildman–Crippen LogP) is 0.230. The first-order valence-corrected chi connectivity index (χ1v) is 6.41. The summed E-state index contributed by atoms with van der Waals surface area (Å²) in [6, 6.07) is 4.31. The number of aliphatic hydroxyl groups excluding tert-OH is 3. The Bertz CT molecular complexity index is 684. The molecule has 4 N–H and O–H groups in total. The van der Waals surface area contributed by atoms with Crippen LogP contribution >= 0.6 is 0 Å². The minimum Gasteiger partial charge on any atom is -0.394 e. The molecule has 8 heteroatoms. The van der Waals surface area contributed by atoms with Gasteiger partial charge in [-0.1, -0.05) is 0 Å². The van der Waals surface area contributed by atoms with E-state index in [9.17, 15) is 20.3 Å². The first-order valence-electron chi connectivity index (χ1n) is 6.41. The van der Waals surface area contributed by atoms with Crippen LogP contribution in [0.2, 0.25) is 0 Å². The van der Waals surface area contributed by atoms with Crippen molar-refractivity contribution >= 4 is 16.6 Å². The lowest BCUT2D eigenvalue weighted by atomic mass is 10.0. The van der Waals surface area contributed by atoms with Gasteiger partial charge in [0.2, 0.25) is 0 Å². The molecule has 3 rings (SSSR count). The van der Waals surface area contributed by atoms with E-state index in [0.717, 1.165) is 0 Å². The molecular formula is C13H14N2O6. The van der Waals surface area contributed by atoms with Crippen LogP contribution < -0.4 is 0 Å². The molecule has 1 saturated heterocycles. The second-order valence-corrected chi connectivity index (χ2v) is 4.99. The van der Waals surface area contributed by atoms with Gasteiger partial charge in [0, 0.05) is 29.3 Å². The Morgan fingerprint density at radius 2 is 2.10 bits per heavy atom. The lowest BCUT2D eigenvalue weighted by Gasteiger charge is -2.13. The van der Waals surface area contributed by atoms with Crippen molar-refractivity contribution in [3.05, 3.63) is 40.1 Å². The van der Waals surface area contributed by atoms with Crippen molar-refractivity contribution in [1.82, 2.24) is 4.98 Å². The number of H-pyrrole nitrogens is 1. The van der Waals surface area contributed by atoms with E-state index >= 15 is 0 Å². The fourth-order valence-electron chi connectivity index (χ4n) is 2.64. The molecule has 112 valence electrons. The van der Waals surface area contributed by atoms with Crippen molar-refractivity contribution < 1.29 is 25.0 Å². The summed E-state index contributed by atoms with van der Waals surface area (Å²) in [4.78, 5) is 13.1. The van der Waals surface area contributed by atoms with Crippen LogP contribution in [-0.4, -0.2) is 50.1 Å². The van der Waals surface area contributed by atoms with E-state index in [1.165, 1.54) is 12.1 Å². The summed E-state index contributed by atoms with van der Waals surface area (Å²) >= 11 is 0. The van der Waals surface area contributed by atoms with E-state index in [0.29, 0.717) is 16.5 Å². The van der Waals surface area contributed by atoms with E-state index in [1.807, 2.05) is 0 Å². The molecule has 1 aromatic heterocycles. The average Bonchev–Trinajstić information content (AvgIpc) is 3.01. The van der Waals surface area contributed by atoms with Crippen LogP contribution in [0.15, 0.2) is 24.4 Å². The van der Waals surface area contributed by atoms with Crippen LogP contribution in [0.4, 0.5) is 5.69 Å². The summed E-state index contributed by atoms with van der Waals surface area (Å²) in [5.41, 5.74) is 1.08. The Hall–Kier alpha value is -2.00. The molecule has 4 atom stereocenters. The Kier molecular flexibility index (Phi) is 3.38. The number of non-ortho nitro benzene ring substituents is 1. The van der Waals surface area contributed by atoms with Gasteiger partial charge in [0.15, 0.2) is 0 Å². The minimum atomic E-state index is -1.18. The standard InChI is InChI=1S/C13H14N2O6/c16-5-10-11(17)12(18)13(21-10)8-4-14-9-3-6(15(19)20)1-2-7(8)9/h1-4,10-14,16-18H,5H2/t10-,11-,12-,13+/m1/s1. The van der Waals surface area contributed by atoms with Crippen molar-refractivity contribution in [3.8, 4) is 0 Å². The molecule has 21 heavy (non-hydrogen) atoms. The predicted molar refractivity (Wildman–Crippen MR) is 71.7 cm³/mol. The zero-order valence-electron chi connectivity index (χ0n) is 10.8. The van der Waals surface area contributed by atoms with Gasteiger partial charge >= 0.3 is 0 Å². The van der Waals surface area contributed by atoms with Crippen molar-refractivity contribution in [2.45, 2.75) is 24.4 Å². The van der Waals surface area contributed by atoms with Gasteiger partial charge in [-0.25, -0.2) is 0 Å². The van der Waals surface area contributed by atoms with Crippen molar-refractivity contribution in [1.29, 1.82) is 0 Å². The number of hydrogen-bond donors (Lipinski definition) is 4. The van der Waals surface area contributed by atoms with Crippen LogP contribution in [-0.2, 0) is 4.74 Å².